The minimum absolute atomic E-state index is 0.0931. The van der Waals surface area contributed by atoms with Gasteiger partial charge in [-0.1, -0.05) is 32.8 Å². The van der Waals surface area contributed by atoms with Gasteiger partial charge in [-0.3, -0.25) is 4.79 Å². The maximum atomic E-state index is 12.5. The first-order valence-corrected chi connectivity index (χ1v) is 8.54. The van der Waals surface area contributed by atoms with Crippen molar-refractivity contribution in [1.82, 2.24) is 5.32 Å². The molecule has 2 rings (SSSR count). The van der Waals surface area contributed by atoms with Gasteiger partial charge >= 0.3 is 5.97 Å². The van der Waals surface area contributed by atoms with Crippen LogP contribution in [0.1, 0.15) is 55.5 Å². The van der Waals surface area contributed by atoms with Crippen LogP contribution >= 0.6 is 0 Å². The first-order chi connectivity index (χ1) is 11.4. The van der Waals surface area contributed by atoms with Gasteiger partial charge in [0.1, 0.15) is 5.75 Å². The number of carboxylic acids is 1. The Balaban J connectivity index is 1.93. The van der Waals surface area contributed by atoms with Gasteiger partial charge in [0.2, 0.25) is 5.91 Å². The maximum Gasteiger partial charge on any atom is 0.335 e. The molecular formula is C19H27NO4. The molecule has 5 nitrogen and oxygen atoms in total. The highest BCUT2D eigenvalue weighted by Crippen LogP contribution is 2.39. The Morgan fingerprint density at radius 3 is 2.54 bits per heavy atom. The predicted molar refractivity (Wildman–Crippen MR) is 92.4 cm³/mol. The lowest BCUT2D eigenvalue weighted by molar-refractivity contribution is -0.132. The number of carboxylic acid groups (broad SMARTS) is 1. The second-order valence-corrected chi connectivity index (χ2v) is 7.04. The lowest BCUT2D eigenvalue weighted by atomic mass is 9.77. The molecule has 0 aromatic heterocycles. The molecule has 1 aromatic carbocycles. The van der Waals surface area contributed by atoms with Gasteiger partial charge in [0, 0.05) is 12.0 Å². The Bertz CT molecular complexity index is 603. The van der Waals surface area contributed by atoms with Crippen LogP contribution in [-0.2, 0) is 11.2 Å². The number of hydrogen-bond donors (Lipinski definition) is 2. The fraction of sp³-hybridized carbons (Fsp3) is 0.579. The van der Waals surface area contributed by atoms with Gasteiger partial charge in [-0.2, -0.15) is 0 Å². The van der Waals surface area contributed by atoms with Crippen LogP contribution in [0.2, 0.25) is 0 Å². The highest BCUT2D eigenvalue weighted by Gasteiger charge is 2.37. The van der Waals surface area contributed by atoms with Gasteiger partial charge in [0.25, 0.3) is 0 Å². The molecule has 1 aliphatic rings. The average molecular weight is 333 g/mol. The summed E-state index contributed by atoms with van der Waals surface area (Å²) < 4.78 is 5.27. The van der Waals surface area contributed by atoms with Crippen LogP contribution in [0, 0.1) is 11.3 Å². The SMILES string of the molecule is COc1cc(C(=O)O)ccc1CCNC(=O)C(C)(C)C1CCCC1. The second-order valence-electron chi connectivity index (χ2n) is 7.04. The summed E-state index contributed by atoms with van der Waals surface area (Å²) >= 11 is 0. The molecule has 132 valence electrons. The lowest BCUT2D eigenvalue weighted by Gasteiger charge is -2.30. The zero-order chi connectivity index (χ0) is 17.7. The Hall–Kier alpha value is -2.04. The van der Waals surface area contributed by atoms with Crippen LogP contribution in [0.4, 0.5) is 0 Å². The van der Waals surface area contributed by atoms with Crippen LogP contribution in [0.5, 0.6) is 5.75 Å². The Morgan fingerprint density at radius 2 is 1.96 bits per heavy atom. The van der Waals surface area contributed by atoms with Gasteiger partial charge in [-0.15, -0.1) is 0 Å². The number of aromatic carboxylic acids is 1. The predicted octanol–water partition coefficient (Wildman–Crippen LogP) is 3.27. The van der Waals surface area contributed by atoms with E-state index in [1.165, 1.54) is 26.0 Å². The zero-order valence-electron chi connectivity index (χ0n) is 14.7. The Kier molecular flexibility index (Phi) is 5.86. The number of rotatable bonds is 7. The van der Waals surface area contributed by atoms with Crippen molar-refractivity contribution in [3.05, 3.63) is 29.3 Å². The van der Waals surface area contributed by atoms with E-state index in [1.807, 2.05) is 13.8 Å². The van der Waals surface area contributed by atoms with Crippen molar-refractivity contribution < 1.29 is 19.4 Å². The largest absolute Gasteiger partial charge is 0.496 e. The van der Waals surface area contributed by atoms with Crippen LogP contribution in [0.15, 0.2) is 18.2 Å². The number of hydrogen-bond acceptors (Lipinski definition) is 3. The summed E-state index contributed by atoms with van der Waals surface area (Å²) in [6, 6.07) is 4.82. The Morgan fingerprint density at radius 1 is 1.29 bits per heavy atom. The summed E-state index contributed by atoms with van der Waals surface area (Å²) in [5.74, 6) is 0.114. The van der Waals surface area contributed by atoms with E-state index in [1.54, 1.807) is 12.1 Å². The number of amides is 1. The van der Waals surface area contributed by atoms with Gasteiger partial charge in [-0.25, -0.2) is 4.79 Å². The standard InChI is InChI=1S/C19H27NO4/c1-19(2,15-6-4-5-7-15)18(23)20-11-10-13-8-9-14(17(21)22)12-16(13)24-3/h8-9,12,15H,4-7,10-11H2,1-3H3,(H,20,23)(H,21,22). The first kappa shape index (κ1) is 18.3. The molecule has 0 aliphatic heterocycles. The number of carbonyl (C=O) groups excluding carboxylic acids is 1. The van der Waals surface area contributed by atoms with Crippen molar-refractivity contribution in [2.24, 2.45) is 11.3 Å². The molecule has 0 bridgehead atoms. The molecule has 0 spiro atoms. The molecule has 0 unspecified atom stereocenters. The quantitative estimate of drug-likeness (QED) is 0.803. The molecule has 1 fully saturated rings. The van der Waals surface area contributed by atoms with Crippen molar-refractivity contribution in [3.63, 3.8) is 0 Å². The fourth-order valence-corrected chi connectivity index (χ4v) is 3.46. The highest BCUT2D eigenvalue weighted by molar-refractivity contribution is 5.88. The van der Waals surface area contributed by atoms with Crippen molar-refractivity contribution in [1.29, 1.82) is 0 Å². The van der Waals surface area contributed by atoms with E-state index in [2.05, 4.69) is 5.32 Å². The minimum Gasteiger partial charge on any atom is -0.496 e. The van der Waals surface area contributed by atoms with Crippen LogP contribution < -0.4 is 10.1 Å². The van der Waals surface area contributed by atoms with E-state index in [0.717, 1.165) is 18.4 Å². The normalized spacial score (nSPS) is 15.3. The van der Waals surface area contributed by atoms with Crippen molar-refractivity contribution >= 4 is 11.9 Å². The number of carbonyl (C=O) groups is 2. The van der Waals surface area contributed by atoms with Gasteiger partial charge in [0.15, 0.2) is 0 Å². The fourth-order valence-electron chi connectivity index (χ4n) is 3.46. The van der Waals surface area contributed by atoms with E-state index >= 15 is 0 Å². The number of ether oxygens (including phenoxy) is 1. The number of methoxy groups -OCH3 is 1. The zero-order valence-corrected chi connectivity index (χ0v) is 14.7. The topological polar surface area (TPSA) is 75.6 Å². The molecule has 2 N–H and O–H groups in total. The minimum atomic E-state index is -0.980. The van der Waals surface area contributed by atoms with Crippen LogP contribution in [0.3, 0.4) is 0 Å². The molecule has 1 aromatic rings. The first-order valence-electron chi connectivity index (χ1n) is 8.54. The summed E-state index contributed by atoms with van der Waals surface area (Å²) in [5, 5.41) is 12.1. The molecular weight excluding hydrogens is 306 g/mol. The summed E-state index contributed by atoms with van der Waals surface area (Å²) in [5.41, 5.74) is 0.747. The number of benzene rings is 1. The molecule has 0 saturated heterocycles. The van der Waals surface area contributed by atoms with E-state index in [-0.39, 0.29) is 16.9 Å². The molecule has 5 heteroatoms. The monoisotopic (exact) mass is 333 g/mol. The molecule has 24 heavy (non-hydrogen) atoms. The smallest absolute Gasteiger partial charge is 0.335 e. The second kappa shape index (κ2) is 7.69. The summed E-state index contributed by atoms with van der Waals surface area (Å²) in [6.07, 6.45) is 5.30. The molecule has 0 radical (unpaired) electrons. The maximum absolute atomic E-state index is 12.5. The van der Waals surface area contributed by atoms with E-state index in [9.17, 15) is 9.59 Å². The molecule has 1 saturated carbocycles. The average Bonchev–Trinajstić information content (AvgIpc) is 3.09. The number of nitrogens with one attached hydrogen (secondary N) is 1. The molecule has 0 atom stereocenters. The van der Waals surface area contributed by atoms with Crippen LogP contribution in [0.25, 0.3) is 0 Å². The third-order valence-electron chi connectivity index (χ3n) is 5.17. The van der Waals surface area contributed by atoms with Crippen LogP contribution in [-0.4, -0.2) is 30.6 Å². The van der Waals surface area contributed by atoms with E-state index < -0.39 is 5.97 Å². The third kappa shape index (κ3) is 4.08. The summed E-state index contributed by atoms with van der Waals surface area (Å²) in [7, 11) is 1.52. The van der Waals surface area contributed by atoms with Gasteiger partial charge in [-0.05, 0) is 42.9 Å². The van der Waals surface area contributed by atoms with Crippen molar-refractivity contribution in [2.75, 3.05) is 13.7 Å². The summed E-state index contributed by atoms with van der Waals surface area (Å²) in [4.78, 5) is 23.5. The van der Waals surface area contributed by atoms with E-state index in [4.69, 9.17) is 9.84 Å². The molecule has 1 aliphatic carbocycles. The Labute approximate surface area is 143 Å². The highest BCUT2D eigenvalue weighted by atomic mass is 16.5. The lowest BCUT2D eigenvalue weighted by Crippen LogP contribution is -2.42. The van der Waals surface area contributed by atoms with E-state index in [0.29, 0.717) is 24.6 Å². The van der Waals surface area contributed by atoms with Gasteiger partial charge < -0.3 is 15.2 Å². The molecule has 0 heterocycles. The van der Waals surface area contributed by atoms with Gasteiger partial charge in [0.05, 0.1) is 12.7 Å². The molecule has 1 amide bonds. The third-order valence-corrected chi connectivity index (χ3v) is 5.17. The summed E-state index contributed by atoms with van der Waals surface area (Å²) in [6.45, 7) is 4.57. The van der Waals surface area contributed by atoms with Crippen molar-refractivity contribution in [2.45, 2.75) is 46.0 Å². The van der Waals surface area contributed by atoms with Crippen molar-refractivity contribution in [3.8, 4) is 5.75 Å².